The van der Waals surface area contributed by atoms with Gasteiger partial charge in [0.15, 0.2) is 11.5 Å². The molecule has 0 fully saturated rings. The van der Waals surface area contributed by atoms with Crippen LogP contribution in [0.25, 0.3) is 0 Å². The fraction of sp³-hybridized carbons (Fsp3) is 0.188. The molecule has 21 heavy (non-hydrogen) atoms. The topological polar surface area (TPSA) is 47.6 Å². The number of halogens is 1. The lowest BCUT2D eigenvalue weighted by molar-refractivity contribution is 0.102. The molecule has 0 radical (unpaired) electrons. The Labute approximate surface area is 127 Å². The van der Waals surface area contributed by atoms with E-state index in [1.54, 1.807) is 18.2 Å². The van der Waals surface area contributed by atoms with Crippen LogP contribution in [0.15, 0.2) is 42.5 Å². The molecule has 2 aromatic carbocycles. The van der Waals surface area contributed by atoms with Gasteiger partial charge >= 0.3 is 0 Å². The van der Waals surface area contributed by atoms with E-state index < -0.39 is 0 Å². The number of anilines is 1. The number of para-hydroxylation sites is 1. The zero-order valence-electron chi connectivity index (χ0n) is 11.4. The number of amides is 1. The standard InChI is InChI=1S/C16H14ClNO3/c1-10(17)12-4-2-3-5-13(12)18-16(19)11-6-7-14-15(8-11)21-9-20-14/h2-8,10H,9H2,1H3,(H,18,19). The third-order valence-electron chi connectivity index (χ3n) is 3.27. The Morgan fingerprint density at radius 3 is 2.76 bits per heavy atom. The van der Waals surface area contributed by atoms with Crippen LogP contribution in [0, 0.1) is 0 Å². The highest BCUT2D eigenvalue weighted by molar-refractivity contribution is 6.21. The van der Waals surface area contributed by atoms with Crippen LogP contribution >= 0.6 is 11.6 Å². The lowest BCUT2D eigenvalue weighted by Gasteiger charge is -2.12. The van der Waals surface area contributed by atoms with Gasteiger partial charge in [0, 0.05) is 11.3 Å². The molecule has 1 N–H and O–H groups in total. The molecule has 1 aliphatic heterocycles. The Balaban J connectivity index is 1.84. The zero-order chi connectivity index (χ0) is 14.8. The first-order chi connectivity index (χ1) is 10.1. The lowest BCUT2D eigenvalue weighted by atomic mass is 10.1. The van der Waals surface area contributed by atoms with Crippen LogP contribution in [-0.4, -0.2) is 12.7 Å². The molecular weight excluding hydrogens is 290 g/mol. The van der Waals surface area contributed by atoms with Crippen molar-refractivity contribution in [1.29, 1.82) is 0 Å². The maximum atomic E-state index is 12.3. The number of rotatable bonds is 3. The van der Waals surface area contributed by atoms with Gasteiger partial charge in [-0.3, -0.25) is 4.79 Å². The average molecular weight is 304 g/mol. The normalized spacial score (nSPS) is 13.8. The van der Waals surface area contributed by atoms with Crippen LogP contribution in [0.3, 0.4) is 0 Å². The van der Waals surface area contributed by atoms with E-state index in [4.69, 9.17) is 21.1 Å². The number of hydrogen-bond acceptors (Lipinski definition) is 3. The van der Waals surface area contributed by atoms with Crippen molar-refractivity contribution in [2.24, 2.45) is 0 Å². The molecule has 0 saturated carbocycles. The van der Waals surface area contributed by atoms with Crippen LogP contribution in [0.4, 0.5) is 5.69 Å². The van der Waals surface area contributed by atoms with Crippen molar-refractivity contribution in [3.63, 3.8) is 0 Å². The summed E-state index contributed by atoms with van der Waals surface area (Å²) in [6, 6.07) is 12.6. The van der Waals surface area contributed by atoms with Crippen LogP contribution in [-0.2, 0) is 0 Å². The molecule has 1 atom stereocenters. The van der Waals surface area contributed by atoms with Crippen molar-refractivity contribution < 1.29 is 14.3 Å². The van der Waals surface area contributed by atoms with E-state index in [9.17, 15) is 4.79 Å². The summed E-state index contributed by atoms with van der Waals surface area (Å²) in [4.78, 5) is 12.3. The summed E-state index contributed by atoms with van der Waals surface area (Å²) >= 11 is 6.13. The second kappa shape index (κ2) is 5.66. The summed E-state index contributed by atoms with van der Waals surface area (Å²) in [5, 5.41) is 2.70. The lowest BCUT2D eigenvalue weighted by Crippen LogP contribution is -2.13. The minimum atomic E-state index is -0.210. The van der Waals surface area contributed by atoms with Gasteiger partial charge < -0.3 is 14.8 Å². The molecule has 3 rings (SSSR count). The van der Waals surface area contributed by atoms with Gasteiger partial charge in [-0.1, -0.05) is 18.2 Å². The Morgan fingerprint density at radius 2 is 1.95 bits per heavy atom. The fourth-order valence-electron chi connectivity index (χ4n) is 2.19. The first-order valence-electron chi connectivity index (χ1n) is 6.59. The van der Waals surface area contributed by atoms with Crippen molar-refractivity contribution in [1.82, 2.24) is 0 Å². The second-order valence-corrected chi connectivity index (χ2v) is 5.38. The van der Waals surface area contributed by atoms with Crippen molar-refractivity contribution in [3.8, 4) is 11.5 Å². The van der Waals surface area contributed by atoms with Gasteiger partial charge in [0.1, 0.15) is 0 Å². The summed E-state index contributed by atoms with van der Waals surface area (Å²) in [6.07, 6.45) is 0. The van der Waals surface area contributed by atoms with Gasteiger partial charge in [-0.15, -0.1) is 11.6 Å². The maximum absolute atomic E-state index is 12.3. The number of alkyl halides is 1. The summed E-state index contributed by atoms with van der Waals surface area (Å²) < 4.78 is 10.5. The molecule has 108 valence electrons. The molecular formula is C16H14ClNO3. The summed E-state index contributed by atoms with van der Waals surface area (Å²) in [7, 11) is 0. The van der Waals surface area contributed by atoms with Crippen molar-refractivity contribution >= 4 is 23.2 Å². The highest BCUT2D eigenvalue weighted by Gasteiger charge is 2.17. The number of nitrogens with one attached hydrogen (secondary N) is 1. The second-order valence-electron chi connectivity index (χ2n) is 4.73. The summed E-state index contributed by atoms with van der Waals surface area (Å²) in [6.45, 7) is 2.06. The highest BCUT2D eigenvalue weighted by Crippen LogP contribution is 2.33. The van der Waals surface area contributed by atoms with E-state index in [0.717, 1.165) is 5.56 Å². The first kappa shape index (κ1) is 13.8. The van der Waals surface area contributed by atoms with E-state index in [1.807, 2.05) is 31.2 Å². The quantitative estimate of drug-likeness (QED) is 0.873. The van der Waals surface area contributed by atoms with Gasteiger partial charge in [-0.2, -0.15) is 0 Å². The Kier molecular flexibility index (Phi) is 3.71. The predicted octanol–water partition coefficient (Wildman–Crippen LogP) is 3.97. The van der Waals surface area contributed by atoms with E-state index in [1.165, 1.54) is 0 Å². The number of ether oxygens (including phenoxy) is 2. The Bertz CT molecular complexity index is 685. The van der Waals surface area contributed by atoms with Gasteiger partial charge in [-0.05, 0) is 36.8 Å². The van der Waals surface area contributed by atoms with E-state index >= 15 is 0 Å². The SMILES string of the molecule is CC(Cl)c1ccccc1NC(=O)c1ccc2c(c1)OCO2. The van der Waals surface area contributed by atoms with E-state index in [2.05, 4.69) is 5.32 Å². The van der Waals surface area contributed by atoms with Gasteiger partial charge in [-0.25, -0.2) is 0 Å². The van der Waals surface area contributed by atoms with Crippen molar-refractivity contribution in [3.05, 3.63) is 53.6 Å². The fourth-order valence-corrected chi connectivity index (χ4v) is 2.38. The number of carbonyl (C=O) groups is 1. The Morgan fingerprint density at radius 1 is 1.19 bits per heavy atom. The molecule has 0 aliphatic carbocycles. The van der Waals surface area contributed by atoms with Crippen molar-refractivity contribution in [2.45, 2.75) is 12.3 Å². The van der Waals surface area contributed by atoms with Gasteiger partial charge in [0.05, 0.1) is 5.38 Å². The maximum Gasteiger partial charge on any atom is 0.255 e. The number of fused-ring (bicyclic) bond motifs is 1. The molecule has 4 nitrogen and oxygen atoms in total. The molecule has 0 aromatic heterocycles. The third kappa shape index (κ3) is 2.81. The molecule has 0 saturated heterocycles. The van der Waals surface area contributed by atoms with Crippen LogP contribution in [0.2, 0.25) is 0 Å². The molecule has 1 unspecified atom stereocenters. The predicted molar refractivity (Wildman–Crippen MR) is 81.2 cm³/mol. The minimum absolute atomic E-state index is 0.182. The number of benzene rings is 2. The number of hydrogen-bond donors (Lipinski definition) is 1. The molecule has 1 aliphatic rings. The van der Waals surface area contributed by atoms with Crippen LogP contribution in [0.5, 0.6) is 11.5 Å². The third-order valence-corrected chi connectivity index (χ3v) is 3.51. The molecule has 5 heteroatoms. The summed E-state index contributed by atoms with van der Waals surface area (Å²) in [5.41, 5.74) is 2.10. The zero-order valence-corrected chi connectivity index (χ0v) is 12.2. The Hall–Kier alpha value is -2.20. The number of carbonyl (C=O) groups excluding carboxylic acids is 1. The molecule has 1 heterocycles. The molecule has 2 aromatic rings. The summed E-state index contributed by atoms with van der Waals surface area (Å²) in [5.74, 6) is 1.03. The smallest absolute Gasteiger partial charge is 0.255 e. The van der Waals surface area contributed by atoms with Crippen LogP contribution < -0.4 is 14.8 Å². The van der Waals surface area contributed by atoms with Crippen LogP contribution in [0.1, 0.15) is 28.2 Å². The largest absolute Gasteiger partial charge is 0.454 e. The molecule has 1 amide bonds. The average Bonchev–Trinajstić information content (AvgIpc) is 2.94. The highest BCUT2D eigenvalue weighted by atomic mass is 35.5. The van der Waals surface area contributed by atoms with E-state index in [0.29, 0.717) is 22.7 Å². The first-order valence-corrected chi connectivity index (χ1v) is 7.03. The molecule has 0 bridgehead atoms. The van der Waals surface area contributed by atoms with E-state index in [-0.39, 0.29) is 18.1 Å². The minimum Gasteiger partial charge on any atom is -0.454 e. The monoisotopic (exact) mass is 303 g/mol. The molecule has 0 spiro atoms. The van der Waals surface area contributed by atoms with Gasteiger partial charge in [0.25, 0.3) is 5.91 Å². The van der Waals surface area contributed by atoms with Gasteiger partial charge in [0.2, 0.25) is 6.79 Å². The van der Waals surface area contributed by atoms with Crippen molar-refractivity contribution in [2.75, 3.05) is 12.1 Å².